The van der Waals surface area contributed by atoms with Gasteiger partial charge >= 0.3 is 0 Å². The van der Waals surface area contributed by atoms with Crippen LogP contribution in [0.4, 0.5) is 17.3 Å². The summed E-state index contributed by atoms with van der Waals surface area (Å²) in [7, 11) is 0. The number of ether oxygens (including phenoxy) is 1. The maximum Gasteiger partial charge on any atom is 0.247 e. The lowest BCUT2D eigenvalue weighted by Gasteiger charge is -2.50. The van der Waals surface area contributed by atoms with Crippen molar-refractivity contribution in [2.75, 3.05) is 49.6 Å². The Hall–Kier alpha value is -3.04. The van der Waals surface area contributed by atoms with Crippen molar-refractivity contribution in [1.82, 2.24) is 29.6 Å². The second-order valence-corrected chi connectivity index (χ2v) is 8.22. The van der Waals surface area contributed by atoms with E-state index in [0.717, 1.165) is 45.1 Å². The number of aryl methyl sites for hydroxylation is 1. The molecule has 0 amide bonds. The number of aromatic nitrogens is 5. The van der Waals surface area contributed by atoms with Crippen molar-refractivity contribution < 1.29 is 4.74 Å². The molecule has 0 unspecified atom stereocenters. The summed E-state index contributed by atoms with van der Waals surface area (Å²) in [4.78, 5) is 17.7. The molecule has 0 bridgehead atoms. The summed E-state index contributed by atoms with van der Waals surface area (Å²) in [6.45, 7) is 10.2. The molecule has 2 aromatic heterocycles. The zero-order chi connectivity index (χ0) is 20.6. The fourth-order valence-electron chi connectivity index (χ4n) is 4.07. The third kappa shape index (κ3) is 3.73. The summed E-state index contributed by atoms with van der Waals surface area (Å²) in [5.74, 6) is 1.16. The molecule has 2 fully saturated rings. The van der Waals surface area contributed by atoms with E-state index < -0.39 is 0 Å². The van der Waals surface area contributed by atoms with Gasteiger partial charge in [0.2, 0.25) is 5.95 Å². The summed E-state index contributed by atoms with van der Waals surface area (Å²) in [6, 6.07) is 6.51. The quantitative estimate of drug-likeness (QED) is 0.689. The molecule has 5 rings (SSSR count). The molecule has 1 aromatic carbocycles. The molecule has 9 heteroatoms. The predicted molar refractivity (Wildman–Crippen MR) is 114 cm³/mol. The Morgan fingerprint density at radius 2 is 1.87 bits per heavy atom. The molecular weight excluding hydrogens is 380 g/mol. The number of nitrogens with one attached hydrogen (secondary N) is 1. The summed E-state index contributed by atoms with van der Waals surface area (Å²) >= 11 is 0. The molecule has 3 aromatic rings. The van der Waals surface area contributed by atoms with Crippen LogP contribution in [0.15, 0.2) is 43.1 Å². The minimum absolute atomic E-state index is 0.221. The van der Waals surface area contributed by atoms with Gasteiger partial charge in [-0.1, -0.05) is 0 Å². The van der Waals surface area contributed by atoms with Gasteiger partial charge in [0.15, 0.2) is 5.82 Å². The highest BCUT2D eigenvalue weighted by Crippen LogP contribution is 2.29. The van der Waals surface area contributed by atoms with E-state index in [0.29, 0.717) is 11.8 Å². The Bertz CT molecular complexity index is 1010. The molecule has 4 heterocycles. The summed E-state index contributed by atoms with van der Waals surface area (Å²) < 4.78 is 7.04. The van der Waals surface area contributed by atoms with E-state index in [1.165, 1.54) is 11.3 Å². The topological polar surface area (TPSA) is 84.2 Å². The van der Waals surface area contributed by atoms with Crippen LogP contribution in [0.2, 0.25) is 0 Å². The molecule has 1 N–H and O–H groups in total. The van der Waals surface area contributed by atoms with Gasteiger partial charge in [0, 0.05) is 49.9 Å². The molecular formula is C21H26N8O. The summed E-state index contributed by atoms with van der Waals surface area (Å²) in [5.41, 5.74) is 3.62. The van der Waals surface area contributed by atoms with Crippen LogP contribution in [0.1, 0.15) is 12.5 Å². The van der Waals surface area contributed by atoms with Gasteiger partial charge in [0.1, 0.15) is 6.33 Å². The third-order valence-electron chi connectivity index (χ3n) is 5.83. The van der Waals surface area contributed by atoms with E-state index in [2.05, 4.69) is 67.2 Å². The van der Waals surface area contributed by atoms with E-state index in [9.17, 15) is 0 Å². The SMILES string of the molecule is Cc1cc(Nc2ncn(-c3cnccn3)n2)cc(N2CCN(C3(C)COC3)CC2)c1. The molecule has 30 heavy (non-hydrogen) atoms. The van der Waals surface area contributed by atoms with Crippen LogP contribution in [0, 0.1) is 6.92 Å². The lowest BCUT2D eigenvalue weighted by Crippen LogP contribution is -2.64. The fraction of sp³-hybridized carbons (Fsp3) is 0.429. The first kappa shape index (κ1) is 19.0. The lowest BCUT2D eigenvalue weighted by atomic mass is 9.97. The minimum atomic E-state index is 0.221. The smallest absolute Gasteiger partial charge is 0.247 e. The van der Waals surface area contributed by atoms with E-state index >= 15 is 0 Å². The van der Waals surface area contributed by atoms with Crippen molar-refractivity contribution in [3.63, 3.8) is 0 Å². The second-order valence-electron chi connectivity index (χ2n) is 8.22. The van der Waals surface area contributed by atoms with Gasteiger partial charge in [-0.25, -0.2) is 4.98 Å². The first-order valence-corrected chi connectivity index (χ1v) is 10.2. The number of piperazine rings is 1. The molecule has 2 aliphatic rings. The van der Waals surface area contributed by atoms with Gasteiger partial charge in [-0.2, -0.15) is 9.67 Å². The standard InChI is InChI=1S/C21H26N8O/c1-16-9-17(25-20-24-15-29(26-20)19-12-22-3-4-23-19)11-18(10-16)27-5-7-28(8-6-27)21(2)13-30-14-21/h3-4,9-12,15H,5-8,13-14H2,1-2H3,(H,25,26). The summed E-state index contributed by atoms with van der Waals surface area (Å²) in [5, 5.41) is 7.78. The zero-order valence-electron chi connectivity index (χ0n) is 17.3. The van der Waals surface area contributed by atoms with E-state index in [1.54, 1.807) is 29.6 Å². The molecule has 2 saturated heterocycles. The fourth-order valence-corrected chi connectivity index (χ4v) is 4.07. The number of anilines is 3. The Labute approximate surface area is 175 Å². The van der Waals surface area contributed by atoms with Gasteiger partial charge in [0.25, 0.3) is 0 Å². The zero-order valence-corrected chi connectivity index (χ0v) is 17.3. The number of nitrogens with zero attached hydrogens (tertiary/aromatic N) is 7. The first-order chi connectivity index (χ1) is 14.6. The van der Waals surface area contributed by atoms with Crippen LogP contribution in [-0.4, -0.2) is 74.6 Å². The Morgan fingerprint density at radius 1 is 1.03 bits per heavy atom. The van der Waals surface area contributed by atoms with Crippen LogP contribution >= 0.6 is 0 Å². The highest BCUT2D eigenvalue weighted by atomic mass is 16.5. The maximum absolute atomic E-state index is 5.44. The van der Waals surface area contributed by atoms with Crippen LogP contribution in [0.5, 0.6) is 0 Å². The van der Waals surface area contributed by atoms with Crippen molar-refractivity contribution in [3.05, 3.63) is 48.7 Å². The normalized spacial score (nSPS) is 18.8. The van der Waals surface area contributed by atoms with Gasteiger partial charge in [-0.05, 0) is 37.6 Å². The van der Waals surface area contributed by atoms with Crippen molar-refractivity contribution in [2.45, 2.75) is 19.4 Å². The number of benzene rings is 1. The van der Waals surface area contributed by atoms with Crippen molar-refractivity contribution in [3.8, 4) is 5.82 Å². The van der Waals surface area contributed by atoms with Crippen molar-refractivity contribution in [2.24, 2.45) is 0 Å². The molecule has 0 aliphatic carbocycles. The van der Waals surface area contributed by atoms with Crippen molar-refractivity contribution in [1.29, 1.82) is 0 Å². The highest BCUT2D eigenvalue weighted by molar-refractivity contribution is 5.64. The average Bonchev–Trinajstić information content (AvgIpc) is 3.21. The molecule has 0 atom stereocenters. The predicted octanol–water partition coefficient (Wildman–Crippen LogP) is 2.02. The van der Waals surface area contributed by atoms with E-state index in [-0.39, 0.29) is 5.54 Å². The van der Waals surface area contributed by atoms with Crippen LogP contribution < -0.4 is 10.2 Å². The summed E-state index contributed by atoms with van der Waals surface area (Å²) in [6.07, 6.45) is 6.55. The monoisotopic (exact) mass is 406 g/mol. The van der Waals surface area contributed by atoms with E-state index in [1.807, 2.05) is 0 Å². The lowest BCUT2D eigenvalue weighted by molar-refractivity contribution is -0.131. The molecule has 0 saturated carbocycles. The van der Waals surface area contributed by atoms with Gasteiger partial charge < -0.3 is 15.0 Å². The third-order valence-corrected chi connectivity index (χ3v) is 5.83. The van der Waals surface area contributed by atoms with E-state index in [4.69, 9.17) is 4.74 Å². The van der Waals surface area contributed by atoms with Gasteiger partial charge in [0.05, 0.1) is 24.9 Å². The van der Waals surface area contributed by atoms with Gasteiger partial charge in [-0.15, -0.1) is 5.10 Å². The number of hydrogen-bond donors (Lipinski definition) is 1. The van der Waals surface area contributed by atoms with Crippen LogP contribution in [-0.2, 0) is 4.74 Å². The largest absolute Gasteiger partial charge is 0.377 e. The molecule has 156 valence electrons. The minimum Gasteiger partial charge on any atom is -0.377 e. The van der Waals surface area contributed by atoms with Crippen molar-refractivity contribution >= 4 is 17.3 Å². The Kier molecular flexibility index (Phi) is 4.84. The Morgan fingerprint density at radius 3 is 2.57 bits per heavy atom. The highest BCUT2D eigenvalue weighted by Gasteiger charge is 2.40. The average molecular weight is 406 g/mol. The van der Waals surface area contributed by atoms with Gasteiger partial charge in [-0.3, -0.25) is 9.88 Å². The first-order valence-electron chi connectivity index (χ1n) is 10.2. The molecule has 2 aliphatic heterocycles. The Balaban J connectivity index is 1.28. The maximum atomic E-state index is 5.44. The molecule has 0 radical (unpaired) electrons. The van der Waals surface area contributed by atoms with Crippen LogP contribution in [0.3, 0.4) is 0 Å². The molecule has 9 nitrogen and oxygen atoms in total. The second kappa shape index (κ2) is 7.66. The van der Waals surface area contributed by atoms with Crippen LogP contribution in [0.25, 0.3) is 5.82 Å². The molecule has 0 spiro atoms. The number of hydrogen-bond acceptors (Lipinski definition) is 8. The number of rotatable bonds is 5.